The highest BCUT2D eigenvalue weighted by Gasteiger charge is 2.21. The van der Waals surface area contributed by atoms with Crippen molar-refractivity contribution in [2.24, 2.45) is 0 Å². The van der Waals surface area contributed by atoms with Crippen molar-refractivity contribution in [3.8, 4) is 22.8 Å². The third-order valence-corrected chi connectivity index (χ3v) is 4.70. The van der Waals surface area contributed by atoms with Gasteiger partial charge in [-0.05, 0) is 50.7 Å². The predicted octanol–water partition coefficient (Wildman–Crippen LogP) is 2.51. The highest BCUT2D eigenvalue weighted by molar-refractivity contribution is 5.87. The van der Waals surface area contributed by atoms with Gasteiger partial charge in [0.1, 0.15) is 11.5 Å². The van der Waals surface area contributed by atoms with Gasteiger partial charge in [-0.2, -0.15) is 5.10 Å². The molecule has 0 aliphatic carbocycles. The van der Waals surface area contributed by atoms with Crippen LogP contribution in [0, 0.1) is 0 Å². The van der Waals surface area contributed by atoms with E-state index in [-0.39, 0.29) is 11.8 Å². The molecule has 0 spiro atoms. The maximum atomic E-state index is 12.4. The third kappa shape index (κ3) is 3.85. The molecule has 1 aliphatic heterocycles. The number of likely N-dealkylation sites (N-methyl/N-ethyl adjacent to an activating group) is 1. The summed E-state index contributed by atoms with van der Waals surface area (Å²) in [5, 5.41) is 19.9. The van der Waals surface area contributed by atoms with Crippen molar-refractivity contribution in [3.05, 3.63) is 36.5 Å². The zero-order valence-electron chi connectivity index (χ0n) is 15.0. The number of carbonyl (C=O) groups excluding carboxylic acids is 1. The van der Waals surface area contributed by atoms with Gasteiger partial charge < -0.3 is 20.1 Å². The predicted molar refractivity (Wildman–Crippen MR) is 101 cm³/mol. The summed E-state index contributed by atoms with van der Waals surface area (Å²) in [4.78, 5) is 19.1. The first-order chi connectivity index (χ1) is 13.1. The number of rotatable bonds is 3. The number of phenols is 1. The van der Waals surface area contributed by atoms with E-state index < -0.39 is 6.09 Å². The lowest BCUT2D eigenvalue weighted by Crippen LogP contribution is -2.47. The van der Waals surface area contributed by atoms with Crippen LogP contribution in [0.15, 0.2) is 36.5 Å². The molecule has 1 saturated heterocycles. The SMILES string of the molecule is CN1CCCC(NC(=O)Oc2cc(-c3ccc(O)cc3)nc3[nH]ncc23)C1. The number of H-pyrrole nitrogens is 1. The van der Waals surface area contributed by atoms with Crippen molar-refractivity contribution in [2.75, 3.05) is 20.1 Å². The van der Waals surface area contributed by atoms with E-state index in [9.17, 15) is 9.90 Å². The molecule has 3 aromatic rings. The normalized spacial score (nSPS) is 17.7. The number of phenolic OH excluding ortho intramolecular Hbond substituents is 1. The van der Waals surface area contributed by atoms with Crippen LogP contribution in [0.4, 0.5) is 4.79 Å². The van der Waals surface area contributed by atoms with E-state index in [1.165, 1.54) is 0 Å². The third-order valence-electron chi connectivity index (χ3n) is 4.70. The monoisotopic (exact) mass is 367 g/mol. The summed E-state index contributed by atoms with van der Waals surface area (Å²) < 4.78 is 5.59. The standard InChI is InChI=1S/C19H21N5O3/c1-24-8-2-3-13(11-24)21-19(26)27-17-9-16(12-4-6-14(25)7-5-12)22-18-15(17)10-20-23-18/h4-7,9-10,13,25H,2-3,8,11H2,1H3,(H,21,26)(H,20,22,23). The first kappa shape index (κ1) is 17.3. The Kier molecular flexibility index (Phi) is 4.64. The van der Waals surface area contributed by atoms with Gasteiger partial charge in [-0.1, -0.05) is 0 Å². The van der Waals surface area contributed by atoms with Gasteiger partial charge in [-0.15, -0.1) is 0 Å². The van der Waals surface area contributed by atoms with Crippen LogP contribution in [0.3, 0.4) is 0 Å². The molecule has 8 heteroatoms. The molecule has 1 atom stereocenters. The van der Waals surface area contributed by atoms with Crippen LogP contribution in [-0.4, -0.2) is 57.5 Å². The zero-order chi connectivity index (χ0) is 18.8. The lowest BCUT2D eigenvalue weighted by atomic mass is 10.1. The van der Waals surface area contributed by atoms with Gasteiger partial charge in [0.25, 0.3) is 0 Å². The van der Waals surface area contributed by atoms with Crippen LogP contribution in [0.5, 0.6) is 11.5 Å². The van der Waals surface area contributed by atoms with Gasteiger partial charge in [-0.25, -0.2) is 9.78 Å². The molecule has 2 aromatic heterocycles. The average molecular weight is 367 g/mol. The quantitative estimate of drug-likeness (QED) is 0.657. The van der Waals surface area contributed by atoms with E-state index in [0.29, 0.717) is 22.5 Å². The largest absolute Gasteiger partial charge is 0.508 e. The summed E-state index contributed by atoms with van der Waals surface area (Å²) in [5.41, 5.74) is 1.94. The highest BCUT2D eigenvalue weighted by atomic mass is 16.6. The van der Waals surface area contributed by atoms with Crippen LogP contribution < -0.4 is 10.1 Å². The molecule has 1 fully saturated rings. The first-order valence-electron chi connectivity index (χ1n) is 8.89. The molecular weight excluding hydrogens is 346 g/mol. The number of hydrogen-bond acceptors (Lipinski definition) is 6. The smallest absolute Gasteiger partial charge is 0.412 e. The van der Waals surface area contributed by atoms with Crippen molar-refractivity contribution in [2.45, 2.75) is 18.9 Å². The van der Waals surface area contributed by atoms with Crippen molar-refractivity contribution < 1.29 is 14.6 Å². The Morgan fingerprint density at radius 2 is 2.19 bits per heavy atom. The number of nitrogens with zero attached hydrogens (tertiary/aromatic N) is 3. The van der Waals surface area contributed by atoms with E-state index in [1.807, 2.05) is 7.05 Å². The lowest BCUT2D eigenvalue weighted by molar-refractivity contribution is 0.179. The molecule has 8 nitrogen and oxygen atoms in total. The van der Waals surface area contributed by atoms with Gasteiger partial charge in [0, 0.05) is 24.2 Å². The molecule has 1 amide bonds. The number of aromatic nitrogens is 3. The molecule has 1 aliphatic rings. The van der Waals surface area contributed by atoms with E-state index in [4.69, 9.17) is 4.74 Å². The zero-order valence-corrected chi connectivity index (χ0v) is 15.0. The van der Waals surface area contributed by atoms with Crippen LogP contribution in [0.2, 0.25) is 0 Å². The number of ether oxygens (including phenoxy) is 1. The molecule has 3 N–H and O–H groups in total. The Morgan fingerprint density at radius 1 is 1.37 bits per heavy atom. The van der Waals surface area contributed by atoms with Gasteiger partial charge in [0.05, 0.1) is 17.3 Å². The van der Waals surface area contributed by atoms with Gasteiger partial charge in [-0.3, -0.25) is 5.10 Å². The number of hydrogen-bond donors (Lipinski definition) is 3. The van der Waals surface area contributed by atoms with Crippen molar-refractivity contribution >= 4 is 17.1 Å². The number of aromatic hydroxyl groups is 1. The fourth-order valence-electron chi connectivity index (χ4n) is 3.34. The first-order valence-corrected chi connectivity index (χ1v) is 8.89. The average Bonchev–Trinajstić information content (AvgIpc) is 3.11. The molecule has 0 radical (unpaired) electrons. The summed E-state index contributed by atoms with van der Waals surface area (Å²) in [6.07, 6.45) is 3.09. The summed E-state index contributed by atoms with van der Waals surface area (Å²) in [6.45, 7) is 1.86. The van der Waals surface area contributed by atoms with E-state index in [2.05, 4.69) is 25.4 Å². The molecule has 27 heavy (non-hydrogen) atoms. The number of benzene rings is 1. The molecule has 1 aromatic carbocycles. The maximum absolute atomic E-state index is 12.4. The minimum absolute atomic E-state index is 0.0782. The van der Waals surface area contributed by atoms with Crippen LogP contribution in [0.25, 0.3) is 22.3 Å². The van der Waals surface area contributed by atoms with Crippen molar-refractivity contribution in [3.63, 3.8) is 0 Å². The maximum Gasteiger partial charge on any atom is 0.412 e. The van der Waals surface area contributed by atoms with Crippen molar-refractivity contribution in [1.29, 1.82) is 0 Å². The molecule has 140 valence electrons. The van der Waals surface area contributed by atoms with E-state index >= 15 is 0 Å². The Labute approximate surface area is 156 Å². The topological polar surface area (TPSA) is 103 Å². The van der Waals surface area contributed by atoms with E-state index in [1.54, 1.807) is 36.5 Å². The molecule has 0 bridgehead atoms. The summed E-state index contributed by atoms with van der Waals surface area (Å²) >= 11 is 0. The van der Waals surface area contributed by atoms with Gasteiger partial charge in [0.2, 0.25) is 0 Å². The second kappa shape index (κ2) is 7.24. The summed E-state index contributed by atoms with van der Waals surface area (Å²) in [5.74, 6) is 0.563. The molecule has 0 saturated carbocycles. The Bertz CT molecular complexity index is 954. The molecular formula is C19H21N5O3. The summed E-state index contributed by atoms with van der Waals surface area (Å²) in [7, 11) is 2.04. The second-order valence-electron chi connectivity index (χ2n) is 6.82. The number of nitrogens with one attached hydrogen (secondary N) is 2. The molecule has 3 heterocycles. The number of likely N-dealkylation sites (tertiary alicyclic amines) is 1. The number of aromatic amines is 1. The Morgan fingerprint density at radius 3 is 2.96 bits per heavy atom. The van der Waals surface area contributed by atoms with Gasteiger partial charge >= 0.3 is 6.09 Å². The highest BCUT2D eigenvalue weighted by Crippen LogP contribution is 2.29. The van der Waals surface area contributed by atoms with Crippen LogP contribution in [0.1, 0.15) is 12.8 Å². The minimum atomic E-state index is -0.486. The second-order valence-corrected chi connectivity index (χ2v) is 6.82. The number of piperidine rings is 1. The number of carbonyl (C=O) groups is 1. The number of amides is 1. The van der Waals surface area contributed by atoms with Crippen LogP contribution in [-0.2, 0) is 0 Å². The fraction of sp³-hybridized carbons (Fsp3) is 0.316. The minimum Gasteiger partial charge on any atom is -0.508 e. The fourth-order valence-corrected chi connectivity index (χ4v) is 3.34. The Balaban J connectivity index is 1.57. The molecule has 4 rings (SSSR count). The van der Waals surface area contributed by atoms with Gasteiger partial charge in [0.15, 0.2) is 5.65 Å². The lowest BCUT2D eigenvalue weighted by Gasteiger charge is -2.29. The van der Waals surface area contributed by atoms with Crippen molar-refractivity contribution in [1.82, 2.24) is 25.4 Å². The summed E-state index contributed by atoms with van der Waals surface area (Å²) in [6, 6.07) is 8.46. The van der Waals surface area contributed by atoms with E-state index in [0.717, 1.165) is 31.5 Å². The number of fused-ring (bicyclic) bond motifs is 1. The van der Waals surface area contributed by atoms with Crippen LogP contribution >= 0.6 is 0 Å². The Hall–Kier alpha value is -3.13. The molecule has 1 unspecified atom stereocenters. The number of pyridine rings is 1.